The molecule has 0 fully saturated rings. The molecule has 0 aromatic heterocycles. The van der Waals surface area contributed by atoms with E-state index in [-0.39, 0.29) is 18.2 Å². The summed E-state index contributed by atoms with van der Waals surface area (Å²) in [5.41, 5.74) is -0.474. The van der Waals surface area contributed by atoms with E-state index < -0.39 is 11.5 Å². The van der Waals surface area contributed by atoms with Gasteiger partial charge in [-0.1, -0.05) is 0 Å². The van der Waals surface area contributed by atoms with Gasteiger partial charge in [-0.15, -0.1) is 0 Å². The Morgan fingerprint density at radius 2 is 1.85 bits per heavy atom. The summed E-state index contributed by atoms with van der Waals surface area (Å²) in [5.74, 6) is -1.24. The van der Waals surface area contributed by atoms with E-state index in [4.69, 9.17) is 5.11 Å². The summed E-state index contributed by atoms with van der Waals surface area (Å²) in [6.07, 6.45) is 0. The largest absolute Gasteiger partial charge is 0.480 e. The Bertz CT molecular complexity index is 210. The Balaban J connectivity index is 4.56. The predicted octanol–water partition coefficient (Wildman–Crippen LogP) is 0.628. The molecular weight excluding hydrogens is 190 g/mol. The lowest BCUT2D eigenvalue weighted by Crippen LogP contribution is -2.48. The van der Waals surface area contributed by atoms with Gasteiger partial charge in [0.1, 0.15) is 6.54 Å². The van der Waals surface area contributed by atoms with Gasteiger partial charge in [-0.3, -0.25) is 9.59 Å². The van der Waals surface area contributed by atoms with E-state index in [9.17, 15) is 9.59 Å². The van der Waals surface area contributed by atoms with Gasteiger partial charge in [-0.25, -0.2) is 0 Å². The van der Waals surface area contributed by atoms with Crippen LogP contribution in [0.25, 0.3) is 0 Å². The van der Waals surface area contributed by atoms with Crippen molar-refractivity contribution in [1.29, 1.82) is 0 Å². The molecule has 0 rings (SSSR count). The van der Waals surface area contributed by atoms with Crippen LogP contribution in [0.1, 0.15) is 20.8 Å². The van der Waals surface area contributed by atoms with Gasteiger partial charge in [-0.05, 0) is 20.8 Å². The third-order valence-corrected chi connectivity index (χ3v) is 1.81. The molecule has 1 amide bonds. The maximum atomic E-state index is 11.3. The van der Waals surface area contributed by atoms with Crippen molar-refractivity contribution in [2.45, 2.75) is 26.3 Å². The standard InChI is InChI=1S/C8H15NO3S/c1-8(2,3)9(4-7(11)12)6(10)5-13/h13H,4-5H2,1-3H3,(H,11,12). The second-order valence-corrected chi connectivity index (χ2v) is 4.02. The van der Waals surface area contributed by atoms with Crippen LogP contribution in [0.2, 0.25) is 0 Å². The van der Waals surface area contributed by atoms with E-state index in [0.717, 1.165) is 0 Å². The summed E-state index contributed by atoms with van der Waals surface area (Å²) >= 11 is 3.82. The first-order valence-electron chi connectivity index (χ1n) is 3.92. The van der Waals surface area contributed by atoms with Crippen molar-refractivity contribution in [2.24, 2.45) is 0 Å². The Labute approximate surface area is 83.3 Å². The number of amides is 1. The minimum absolute atomic E-state index is 0.0323. The maximum absolute atomic E-state index is 11.3. The van der Waals surface area contributed by atoms with Crippen molar-refractivity contribution in [1.82, 2.24) is 4.90 Å². The van der Waals surface area contributed by atoms with Gasteiger partial charge < -0.3 is 10.0 Å². The average Bonchev–Trinajstić information content (AvgIpc) is 1.96. The highest BCUT2D eigenvalue weighted by atomic mass is 32.1. The van der Waals surface area contributed by atoms with E-state index in [1.807, 2.05) is 0 Å². The van der Waals surface area contributed by atoms with Gasteiger partial charge in [0.25, 0.3) is 0 Å². The first-order chi connectivity index (χ1) is 5.79. The number of hydrogen-bond acceptors (Lipinski definition) is 3. The number of thiol groups is 1. The van der Waals surface area contributed by atoms with Crippen molar-refractivity contribution in [3.63, 3.8) is 0 Å². The lowest BCUT2D eigenvalue weighted by molar-refractivity contribution is -0.146. The fourth-order valence-corrected chi connectivity index (χ4v) is 1.09. The highest BCUT2D eigenvalue weighted by molar-refractivity contribution is 7.81. The molecule has 0 heterocycles. The highest BCUT2D eigenvalue weighted by Crippen LogP contribution is 2.13. The molecule has 0 aliphatic heterocycles. The summed E-state index contributed by atoms with van der Waals surface area (Å²) in [4.78, 5) is 23.0. The van der Waals surface area contributed by atoms with Crippen LogP contribution in [-0.2, 0) is 9.59 Å². The first-order valence-corrected chi connectivity index (χ1v) is 4.55. The number of carboxylic acid groups (broad SMARTS) is 1. The van der Waals surface area contributed by atoms with Crippen LogP contribution in [0.5, 0.6) is 0 Å². The quantitative estimate of drug-likeness (QED) is 0.664. The zero-order valence-electron chi connectivity index (χ0n) is 8.07. The van der Waals surface area contributed by atoms with Gasteiger partial charge in [0, 0.05) is 5.54 Å². The van der Waals surface area contributed by atoms with Crippen molar-refractivity contribution in [3.8, 4) is 0 Å². The molecule has 0 saturated carbocycles. The van der Waals surface area contributed by atoms with E-state index in [0.29, 0.717) is 0 Å². The molecule has 0 spiro atoms. The summed E-state index contributed by atoms with van der Waals surface area (Å²) in [6.45, 7) is 5.09. The molecule has 0 radical (unpaired) electrons. The monoisotopic (exact) mass is 205 g/mol. The average molecular weight is 205 g/mol. The van der Waals surface area contributed by atoms with Crippen LogP contribution in [0.15, 0.2) is 0 Å². The van der Waals surface area contributed by atoms with Crippen LogP contribution in [0, 0.1) is 0 Å². The van der Waals surface area contributed by atoms with Crippen molar-refractivity contribution in [3.05, 3.63) is 0 Å². The van der Waals surface area contributed by atoms with Crippen LogP contribution in [0.3, 0.4) is 0 Å². The molecule has 0 aromatic carbocycles. The molecule has 0 bridgehead atoms. The molecule has 0 aromatic rings. The van der Waals surface area contributed by atoms with E-state index >= 15 is 0 Å². The zero-order valence-corrected chi connectivity index (χ0v) is 8.97. The van der Waals surface area contributed by atoms with E-state index in [1.54, 1.807) is 20.8 Å². The van der Waals surface area contributed by atoms with Gasteiger partial charge in [0.15, 0.2) is 0 Å². The first kappa shape index (κ1) is 12.3. The smallest absolute Gasteiger partial charge is 0.323 e. The molecule has 5 heteroatoms. The Morgan fingerprint density at radius 1 is 1.38 bits per heavy atom. The highest BCUT2D eigenvalue weighted by Gasteiger charge is 2.27. The number of carboxylic acids is 1. The fraction of sp³-hybridized carbons (Fsp3) is 0.750. The van der Waals surface area contributed by atoms with Crippen LogP contribution in [-0.4, -0.2) is 39.7 Å². The normalized spacial score (nSPS) is 11.1. The van der Waals surface area contributed by atoms with Gasteiger partial charge in [0.05, 0.1) is 5.75 Å². The molecule has 4 nitrogen and oxygen atoms in total. The molecule has 0 aliphatic carbocycles. The molecule has 13 heavy (non-hydrogen) atoms. The SMILES string of the molecule is CC(C)(C)N(CC(=O)O)C(=O)CS. The van der Waals surface area contributed by atoms with Gasteiger partial charge in [0.2, 0.25) is 5.91 Å². The molecule has 1 N–H and O–H groups in total. The summed E-state index contributed by atoms with van der Waals surface area (Å²) in [7, 11) is 0. The third kappa shape index (κ3) is 4.17. The minimum Gasteiger partial charge on any atom is -0.480 e. The van der Waals surface area contributed by atoms with Crippen molar-refractivity contribution in [2.75, 3.05) is 12.3 Å². The number of nitrogens with zero attached hydrogens (tertiary/aromatic N) is 1. The van der Waals surface area contributed by atoms with Crippen molar-refractivity contribution >= 4 is 24.5 Å². The van der Waals surface area contributed by atoms with Crippen LogP contribution < -0.4 is 0 Å². The van der Waals surface area contributed by atoms with Crippen molar-refractivity contribution < 1.29 is 14.7 Å². The minimum atomic E-state index is -1.01. The lowest BCUT2D eigenvalue weighted by Gasteiger charge is -2.34. The number of rotatable bonds is 3. The Kier molecular flexibility index (Phi) is 4.26. The fourth-order valence-electron chi connectivity index (χ4n) is 0.920. The molecular formula is C8H15NO3S. The van der Waals surface area contributed by atoms with Crippen LogP contribution in [0.4, 0.5) is 0 Å². The second kappa shape index (κ2) is 4.50. The van der Waals surface area contributed by atoms with E-state index in [2.05, 4.69) is 12.6 Å². The van der Waals surface area contributed by atoms with Crippen LogP contribution >= 0.6 is 12.6 Å². The second-order valence-electron chi connectivity index (χ2n) is 3.70. The van der Waals surface area contributed by atoms with Gasteiger partial charge in [-0.2, -0.15) is 12.6 Å². The molecule has 76 valence electrons. The zero-order chi connectivity index (χ0) is 10.6. The molecule has 0 atom stereocenters. The lowest BCUT2D eigenvalue weighted by atomic mass is 10.1. The Morgan fingerprint density at radius 3 is 2.08 bits per heavy atom. The predicted molar refractivity (Wildman–Crippen MR) is 53.0 cm³/mol. The number of carbonyl (C=O) groups excluding carboxylic acids is 1. The van der Waals surface area contributed by atoms with Gasteiger partial charge >= 0.3 is 5.97 Å². The molecule has 0 saturated heterocycles. The molecule has 0 unspecified atom stereocenters. The van der Waals surface area contributed by atoms with E-state index in [1.165, 1.54) is 4.90 Å². The Hall–Kier alpha value is -0.710. The topological polar surface area (TPSA) is 57.6 Å². The number of carbonyl (C=O) groups is 2. The summed E-state index contributed by atoms with van der Waals surface area (Å²) < 4.78 is 0. The number of hydrogen-bond donors (Lipinski definition) is 2. The maximum Gasteiger partial charge on any atom is 0.323 e. The number of aliphatic carboxylic acids is 1. The third-order valence-electron chi connectivity index (χ3n) is 1.54. The molecule has 0 aliphatic rings. The summed E-state index contributed by atoms with van der Waals surface area (Å²) in [5, 5.41) is 8.57. The summed E-state index contributed by atoms with van der Waals surface area (Å²) in [6, 6.07) is 0.